The Morgan fingerprint density at radius 1 is 1.05 bits per heavy atom. The van der Waals surface area contributed by atoms with Gasteiger partial charge < -0.3 is 20.1 Å². The average Bonchev–Trinajstić information content (AvgIpc) is 2.30. The third-order valence-electron chi connectivity index (χ3n) is 0.573. The van der Waals surface area contributed by atoms with Crippen LogP contribution in [0.3, 0.4) is 0 Å². The normalized spacial score (nSPS) is 7.76. The minimum atomic E-state index is -5.08. The Morgan fingerprint density at radius 2 is 1.29 bits per heavy atom. The van der Waals surface area contributed by atoms with Gasteiger partial charge in [0.2, 0.25) is 12.2 Å². The summed E-state index contributed by atoms with van der Waals surface area (Å²) in [6, 6.07) is 0. The summed E-state index contributed by atoms with van der Waals surface area (Å²) >= 11 is 0.456. The standard InChI is InChI=1S/C2HF3O2.C2N2O2S.C2H2O4.K/c3-2(4,5)1(6)7;5-1-3-7-4-2-6;3-1(4)2(5)6;/h(H,6,7);;(H,3,4)(H,5,6);/q;;;+1/p-1. The molecule has 0 unspecified atom stereocenters. The summed E-state index contributed by atoms with van der Waals surface area (Å²) in [5.74, 6) is -6.77. The summed E-state index contributed by atoms with van der Waals surface area (Å²) in [5.41, 5.74) is 0. The first-order valence-electron chi connectivity index (χ1n) is 3.55. The van der Waals surface area contributed by atoms with Crippen LogP contribution < -0.4 is 56.5 Å². The fraction of sp³-hybridized carbons (Fsp3) is 0.167. The molecule has 0 bridgehead atoms. The second-order valence-electron chi connectivity index (χ2n) is 1.84. The molecule has 0 aliphatic rings. The Bertz CT molecular complexity index is 416. The minimum Gasteiger partial charge on any atom is -0.539 e. The number of rotatable bonds is 2. The van der Waals surface area contributed by atoms with Crippen molar-refractivity contribution in [2.45, 2.75) is 6.18 Å². The molecule has 0 saturated carbocycles. The third-order valence-corrected chi connectivity index (χ3v) is 0.886. The van der Waals surface area contributed by atoms with Crippen LogP contribution in [0.4, 0.5) is 13.2 Å². The van der Waals surface area contributed by atoms with Crippen molar-refractivity contribution < 1.29 is 104 Å². The molecule has 0 aromatic heterocycles. The number of alkyl halides is 3. The summed E-state index contributed by atoms with van der Waals surface area (Å²) in [5, 5.41) is 23.4. The number of halogens is 3. The summed E-state index contributed by atoms with van der Waals surface area (Å²) < 4.78 is 37.4. The van der Waals surface area contributed by atoms with E-state index in [1.807, 2.05) is 0 Å². The van der Waals surface area contributed by atoms with Gasteiger partial charge in [0.25, 0.3) is 0 Å². The van der Waals surface area contributed by atoms with E-state index in [2.05, 4.69) is 8.80 Å². The number of isocyanates is 2. The monoisotopic (exact) mass is 358 g/mol. The molecule has 0 fully saturated rings. The van der Waals surface area contributed by atoms with Gasteiger partial charge in [-0.15, -0.1) is 8.80 Å². The molecule has 0 aliphatic heterocycles. The molecule has 0 heterocycles. The molecule has 0 saturated heterocycles. The van der Waals surface area contributed by atoms with E-state index in [1.54, 1.807) is 0 Å². The van der Waals surface area contributed by atoms with E-state index in [0.29, 0.717) is 12.1 Å². The van der Waals surface area contributed by atoms with Crippen LogP contribution in [0.1, 0.15) is 0 Å². The molecule has 0 rings (SSSR count). The topological polar surface area (TPSA) is 174 Å². The molecule has 15 heteroatoms. The number of aliphatic carboxylic acids is 3. The number of nitrogens with zero attached hydrogens (tertiary/aromatic N) is 2. The Labute approximate surface area is 159 Å². The fourth-order valence-corrected chi connectivity index (χ4v) is 0.161. The van der Waals surface area contributed by atoms with Gasteiger partial charge in [0.1, 0.15) is 12.1 Å². The van der Waals surface area contributed by atoms with E-state index in [-0.39, 0.29) is 51.4 Å². The van der Waals surface area contributed by atoms with Gasteiger partial charge in [-0.3, -0.25) is 0 Å². The number of carboxylic acids is 3. The zero-order chi connectivity index (χ0) is 16.8. The van der Waals surface area contributed by atoms with Crippen LogP contribution in [-0.2, 0) is 24.0 Å². The quantitative estimate of drug-likeness (QED) is 0.163. The smallest absolute Gasteiger partial charge is 0.539 e. The average molecular weight is 358 g/mol. The molecular formula is C6H2F3KN2O8S. The molecular weight excluding hydrogens is 356 g/mol. The first-order chi connectivity index (χ1) is 9.00. The molecule has 0 atom stereocenters. The van der Waals surface area contributed by atoms with Gasteiger partial charge >= 0.3 is 69.5 Å². The van der Waals surface area contributed by atoms with E-state index in [1.165, 1.54) is 12.2 Å². The first kappa shape index (κ1) is 28.2. The molecule has 2 N–H and O–H groups in total. The number of carbonyl (C=O) groups is 3. The zero-order valence-electron chi connectivity index (χ0n) is 9.78. The Balaban J connectivity index is -0.000000101. The number of carbonyl (C=O) groups excluding carboxylic acids is 3. The summed E-state index contributed by atoms with van der Waals surface area (Å²) in [6.07, 6.45) is -2.75. The van der Waals surface area contributed by atoms with E-state index in [0.717, 1.165) is 0 Å². The summed E-state index contributed by atoms with van der Waals surface area (Å²) in [7, 11) is 0. The molecule has 0 radical (unpaired) electrons. The van der Waals surface area contributed by atoms with Crippen molar-refractivity contribution in [1.29, 1.82) is 0 Å². The maximum atomic E-state index is 10.6. The van der Waals surface area contributed by atoms with Gasteiger partial charge in [0, 0.05) is 0 Å². The van der Waals surface area contributed by atoms with Crippen LogP contribution in [0.25, 0.3) is 0 Å². The van der Waals surface area contributed by atoms with Gasteiger partial charge in [0.15, 0.2) is 5.97 Å². The Kier molecular flexibility index (Phi) is 22.8. The van der Waals surface area contributed by atoms with Crippen LogP contribution >= 0.6 is 12.1 Å². The van der Waals surface area contributed by atoms with E-state index in [4.69, 9.17) is 29.7 Å². The van der Waals surface area contributed by atoms with Crippen LogP contribution in [0.15, 0.2) is 8.80 Å². The van der Waals surface area contributed by atoms with Gasteiger partial charge in [-0.05, 0) is 0 Å². The molecule has 0 aromatic carbocycles. The predicted octanol–water partition coefficient (Wildman–Crippen LogP) is -4.32. The number of carboxylic acid groups (broad SMARTS) is 3. The molecule has 112 valence electrons. The fourth-order valence-electron chi connectivity index (χ4n) is 0.0537. The molecule has 10 nitrogen and oxygen atoms in total. The molecule has 0 spiro atoms. The second-order valence-corrected chi connectivity index (χ2v) is 2.37. The van der Waals surface area contributed by atoms with E-state index >= 15 is 0 Å². The second kappa shape index (κ2) is 17.0. The van der Waals surface area contributed by atoms with Gasteiger partial charge in [0.05, 0.1) is 0 Å². The van der Waals surface area contributed by atoms with Gasteiger partial charge in [-0.25, -0.2) is 19.2 Å². The maximum Gasteiger partial charge on any atom is 1.00 e. The van der Waals surface area contributed by atoms with Crippen LogP contribution in [-0.4, -0.2) is 46.5 Å². The van der Waals surface area contributed by atoms with Crippen molar-refractivity contribution in [2.24, 2.45) is 8.80 Å². The summed E-state index contributed by atoms with van der Waals surface area (Å²) in [6.45, 7) is 0. The van der Waals surface area contributed by atoms with Crippen molar-refractivity contribution in [3.8, 4) is 0 Å². The van der Waals surface area contributed by atoms with Crippen molar-refractivity contribution in [1.82, 2.24) is 0 Å². The molecule has 0 aliphatic carbocycles. The van der Waals surface area contributed by atoms with Crippen molar-refractivity contribution >= 4 is 42.2 Å². The Hall–Kier alpha value is -1.05. The third kappa shape index (κ3) is 32.5. The molecule has 0 aromatic rings. The van der Waals surface area contributed by atoms with Crippen LogP contribution in [0.5, 0.6) is 0 Å². The van der Waals surface area contributed by atoms with E-state index < -0.39 is 24.1 Å². The Morgan fingerprint density at radius 3 is 1.38 bits per heavy atom. The number of hydrogen-bond donors (Lipinski definition) is 2. The predicted molar refractivity (Wildman–Crippen MR) is 50.2 cm³/mol. The molecule has 21 heavy (non-hydrogen) atoms. The minimum absolute atomic E-state index is 0. The SMILES string of the molecule is O=C(O)C(F)(F)F.O=C([O-])C(=O)O.O=C=NSN=C=O.[K+]. The van der Waals surface area contributed by atoms with Gasteiger partial charge in [-0.1, -0.05) is 0 Å². The maximum absolute atomic E-state index is 10.6. The first-order valence-corrected chi connectivity index (χ1v) is 4.28. The largest absolute Gasteiger partial charge is 1.00 e. The summed E-state index contributed by atoms with van der Waals surface area (Å²) in [4.78, 5) is 45.3. The van der Waals surface area contributed by atoms with Crippen LogP contribution in [0.2, 0.25) is 0 Å². The number of hydrogen-bond acceptors (Lipinski definition) is 9. The van der Waals surface area contributed by atoms with Crippen molar-refractivity contribution in [3.63, 3.8) is 0 Å². The van der Waals surface area contributed by atoms with Crippen molar-refractivity contribution in [3.05, 3.63) is 0 Å². The van der Waals surface area contributed by atoms with E-state index in [9.17, 15) is 22.8 Å². The van der Waals surface area contributed by atoms with Crippen molar-refractivity contribution in [2.75, 3.05) is 0 Å². The molecule has 0 amide bonds. The zero-order valence-corrected chi connectivity index (χ0v) is 13.7. The van der Waals surface area contributed by atoms with Crippen LogP contribution in [0, 0.1) is 0 Å². The van der Waals surface area contributed by atoms with Gasteiger partial charge in [-0.2, -0.15) is 13.2 Å².